The molecule has 0 spiro atoms. The fourth-order valence-electron chi connectivity index (χ4n) is 16.2. The average molecular weight is 1850 g/mol. The lowest BCUT2D eigenvalue weighted by Gasteiger charge is -2.36. The molecule has 2 aromatic heterocycles. The Labute approximate surface area is 763 Å². The maximum absolute atomic E-state index is 15.8. The number of carboxylic acid groups (broad SMARTS) is 1. The van der Waals surface area contributed by atoms with Gasteiger partial charge < -0.3 is 131 Å². The Morgan fingerprint density at radius 2 is 1.02 bits per heavy atom. The number of carboxylic acids is 1. The van der Waals surface area contributed by atoms with Crippen molar-refractivity contribution in [1.82, 2.24) is 87.6 Å². The van der Waals surface area contributed by atoms with E-state index in [0.29, 0.717) is 69.9 Å². The highest BCUT2D eigenvalue weighted by Gasteiger charge is 2.46. The van der Waals surface area contributed by atoms with Gasteiger partial charge in [-0.1, -0.05) is 88.1 Å². The smallest absolute Gasteiger partial charge is 0.303 e. The molecule has 8 rings (SSSR count). The number of aromatic amines is 2. The van der Waals surface area contributed by atoms with Crippen molar-refractivity contribution in [3.63, 3.8) is 0 Å². The number of methoxy groups -OCH3 is 1. The summed E-state index contributed by atoms with van der Waals surface area (Å²) in [5.41, 5.74) is 32.7. The minimum atomic E-state index is -1.79. The number of benzene rings is 3. The first-order chi connectivity index (χ1) is 62.6. The zero-order valence-electron chi connectivity index (χ0n) is 75.1. The highest BCUT2D eigenvalue weighted by Crippen LogP contribution is 2.28. The second-order valence-electron chi connectivity index (χ2n) is 33.2. The molecule has 3 saturated heterocycles. The lowest BCUT2D eigenvalue weighted by molar-refractivity contribution is -0.149. The van der Waals surface area contributed by atoms with Crippen LogP contribution in [-0.2, 0) is 101 Å². The largest absolute Gasteiger partial charge is 0.497 e. The van der Waals surface area contributed by atoms with Gasteiger partial charge in [0.05, 0.1) is 25.5 Å². The van der Waals surface area contributed by atoms with Gasteiger partial charge in [-0.3, -0.25) is 81.5 Å². The van der Waals surface area contributed by atoms with Crippen LogP contribution in [-0.4, -0.2) is 321 Å². The van der Waals surface area contributed by atoms with E-state index in [1.807, 2.05) is 13.8 Å². The molecular weight excluding hydrogens is 1720 g/mol. The number of nitrogens with two attached hydrogens (primary N) is 5. The SMILES string of the molecule is CCCC[C@H]1C(=O)N(C)[C@@H](CCCC)C(=O)N[C@@H](CCCN)C(=O)N[C@H](C(=O)NCC(N)=O)CSCC(=O)N[C@@H](Cc2ccc(OC)cc2)C(=O)N(C)[C@@H](C)C(=O)N[C@@H](CCN)C(=O)N2CCC[C@H]2C(=O)N[C@@H](CN)C(=O)N[C@@H](CCC(=O)O)C(=O)N2C[C@H](O)C[C@H]2C(=O)N[C@@H](Cc2c[nH]c3ccccc23)C(=O)N[C@@H](CCN)C(=O)N[C@@H](Cc2c[nH]c3ccccc23)C(=O)N1C. The van der Waals surface area contributed by atoms with Crippen LogP contribution >= 0.6 is 11.8 Å². The van der Waals surface area contributed by atoms with Crippen molar-refractivity contribution in [1.29, 1.82) is 0 Å². The molecule has 0 aliphatic carbocycles. The van der Waals surface area contributed by atoms with E-state index in [4.69, 9.17) is 33.4 Å². The van der Waals surface area contributed by atoms with E-state index in [0.717, 1.165) is 21.6 Å². The van der Waals surface area contributed by atoms with Crippen LogP contribution < -0.4 is 86.6 Å². The Bertz CT molecular complexity index is 4840. The average Bonchev–Trinajstić information content (AvgIpc) is 1.68. The van der Waals surface area contributed by atoms with Crippen molar-refractivity contribution < 1.29 is 96.5 Å². The number of aliphatic hydroxyl groups excluding tert-OH is 1. The monoisotopic (exact) mass is 1840 g/mol. The van der Waals surface area contributed by atoms with Gasteiger partial charge in [0.2, 0.25) is 94.5 Å². The van der Waals surface area contributed by atoms with E-state index in [2.05, 4.69) is 63.1 Å². The van der Waals surface area contributed by atoms with Crippen molar-refractivity contribution in [2.75, 3.05) is 85.6 Å². The second-order valence-corrected chi connectivity index (χ2v) is 34.2. The van der Waals surface area contributed by atoms with Crippen molar-refractivity contribution in [3.8, 4) is 5.75 Å². The first kappa shape index (κ1) is 104. The minimum absolute atomic E-state index is 0.0172. The summed E-state index contributed by atoms with van der Waals surface area (Å²) in [6.45, 7) is 2.74. The third-order valence-corrected chi connectivity index (χ3v) is 24.8. The Morgan fingerprint density at radius 3 is 1.62 bits per heavy atom. The van der Waals surface area contributed by atoms with Gasteiger partial charge in [0.1, 0.15) is 90.3 Å². The van der Waals surface area contributed by atoms with Gasteiger partial charge in [0, 0.05) is 113 Å². The second kappa shape index (κ2) is 50.7. The number of nitrogens with one attached hydrogen (secondary N) is 12. The normalized spacial score (nSPS) is 25.2. The quantitative estimate of drug-likeness (QED) is 0.0242. The predicted octanol–water partition coefficient (Wildman–Crippen LogP) is -3.51. The first-order valence-electron chi connectivity index (χ1n) is 44.3. The summed E-state index contributed by atoms with van der Waals surface area (Å²) in [5.74, 6) is -16.2. The first-order valence-corrected chi connectivity index (χ1v) is 45.5. The number of aliphatic carboxylic acids is 1. The number of H-pyrrole nitrogens is 2. The fourth-order valence-corrected chi connectivity index (χ4v) is 17.1. The number of aliphatic hydroxyl groups is 1. The molecule has 43 heteroatoms. The molecule has 0 saturated carbocycles. The highest BCUT2D eigenvalue weighted by atomic mass is 32.2. The van der Waals surface area contributed by atoms with Crippen LogP contribution in [0.5, 0.6) is 5.75 Å². The molecule has 42 nitrogen and oxygen atoms in total. The number of carbonyl (C=O) groups is 17. The van der Waals surface area contributed by atoms with Gasteiger partial charge in [0.25, 0.3) is 0 Å². The number of carbonyl (C=O) groups excluding carboxylic acids is 16. The molecule has 716 valence electrons. The summed E-state index contributed by atoms with van der Waals surface area (Å²) < 4.78 is 5.34. The maximum atomic E-state index is 15.8. The third kappa shape index (κ3) is 28.8. The van der Waals surface area contributed by atoms with Gasteiger partial charge >= 0.3 is 5.97 Å². The molecule has 16 amide bonds. The van der Waals surface area contributed by atoms with Crippen LogP contribution in [0.2, 0.25) is 0 Å². The summed E-state index contributed by atoms with van der Waals surface area (Å²) in [6.07, 6.45) is 0.945. The lowest BCUT2D eigenvalue weighted by Crippen LogP contribution is -2.61. The maximum Gasteiger partial charge on any atom is 0.303 e. The van der Waals surface area contributed by atoms with E-state index < -0.39 is 236 Å². The highest BCUT2D eigenvalue weighted by molar-refractivity contribution is 8.00. The van der Waals surface area contributed by atoms with Gasteiger partial charge in [-0.05, 0) is 125 Å². The topological polar surface area (TPSA) is 638 Å². The number of aromatic nitrogens is 2. The zero-order valence-corrected chi connectivity index (χ0v) is 75.9. The van der Waals surface area contributed by atoms with Crippen molar-refractivity contribution in [3.05, 3.63) is 102 Å². The number of nitrogens with zero attached hydrogens (tertiary/aromatic N) is 5. The van der Waals surface area contributed by atoms with Crippen LogP contribution in [0.1, 0.15) is 134 Å². The molecule has 131 heavy (non-hydrogen) atoms. The summed E-state index contributed by atoms with van der Waals surface area (Å²) >= 11 is 0.817. The summed E-state index contributed by atoms with van der Waals surface area (Å²) in [6, 6.07) is -0.386. The molecule has 5 aromatic rings. The van der Waals surface area contributed by atoms with Crippen molar-refractivity contribution in [2.24, 2.45) is 28.7 Å². The van der Waals surface area contributed by atoms with Crippen molar-refractivity contribution in [2.45, 2.75) is 227 Å². The Kier molecular flexibility index (Phi) is 40.3. The molecule has 3 fully saturated rings. The summed E-state index contributed by atoms with van der Waals surface area (Å²) in [7, 11) is 5.48. The Balaban J connectivity index is 1.18. The van der Waals surface area contributed by atoms with Crippen LogP contribution in [0.15, 0.2) is 85.2 Å². The molecule has 0 unspecified atom stereocenters. The zero-order chi connectivity index (χ0) is 95.9. The Hall–Kier alpha value is -12.3. The van der Waals surface area contributed by atoms with E-state index in [9.17, 15) is 58.2 Å². The van der Waals surface area contributed by atoms with E-state index >= 15 is 33.6 Å². The Morgan fingerprint density at radius 1 is 0.511 bits per heavy atom. The molecule has 3 aromatic carbocycles. The number of hydrogen-bond donors (Lipinski definition) is 19. The molecule has 0 radical (unpaired) electrons. The number of fused-ring (bicyclic) bond motifs is 4. The molecule has 3 aliphatic heterocycles. The predicted molar refractivity (Wildman–Crippen MR) is 484 cm³/mol. The summed E-state index contributed by atoms with van der Waals surface area (Å²) in [5, 5.41) is 49.2. The van der Waals surface area contributed by atoms with Crippen LogP contribution in [0.4, 0.5) is 0 Å². The number of rotatable bonds is 27. The van der Waals surface area contributed by atoms with Crippen molar-refractivity contribution >= 4 is 134 Å². The number of thioether (sulfide) groups is 1. The third-order valence-electron chi connectivity index (χ3n) is 23.8. The van der Waals surface area contributed by atoms with Gasteiger partial charge in [-0.2, -0.15) is 0 Å². The number of primary amides is 1. The molecule has 15 atom stereocenters. The molecular formula is C88H128N22O20S. The lowest BCUT2D eigenvalue weighted by atomic mass is 9.99. The standard InChI is InChI=1S/C88H128N22O20S/c1-8-10-23-68-81(122)99-59(22-16-34-89)77(118)105-67(76(117)96-45-72(93)112)47-131-48-73(113)97-64(38-50-26-28-54(130-7)29-27-50)84(125)106(4)49(3)75(116)100-62(33-36-91)86(127)109-37-17-25-69(109)82(123)104-66(42-92)80(121)101-61(30-31-74(114)115)87(128)110-46-53(111)41-71(110)83(124)102-63(39-51-43-94-57-20-14-12-18-55(51)57)79(120)98-60(32-35-90)78(119)103-65(40-52-44-95-58-21-15-13-19-56(52)58)85(126)108(6)70(24-11-9-2)88(129)107(68)5/h12-15,18-21,26-29,43-44,49,53,59-71,94-95,111H,8-11,16-17,22-25,30-42,45-48,89-92H2,1-7H3,(H2,93,112)(H,96,117)(H,97,113)(H,98,120)(H,99,122)(H,100,116)(H,101,121)(H,102,124)(H,103,119)(H,104,123)(H,105,118)(H,114,115)/t49-,53+,59-,60-,61-,62-,63-,64-,65-,66-,67-,68-,69-,70-,71-/m0/s1. The number of ether oxygens (including phenoxy) is 1. The van der Waals surface area contributed by atoms with Crippen LogP contribution in [0.3, 0.4) is 0 Å². The molecule has 5 heterocycles. The summed E-state index contributed by atoms with van der Waals surface area (Å²) in [4.78, 5) is 260. The number of amides is 16. The van der Waals surface area contributed by atoms with E-state index in [1.54, 1.807) is 85.2 Å². The molecule has 24 N–H and O–H groups in total. The molecule has 0 bridgehead atoms. The van der Waals surface area contributed by atoms with Gasteiger partial charge in [-0.25, -0.2) is 0 Å². The number of hydrogen-bond acceptors (Lipinski definition) is 24. The minimum Gasteiger partial charge on any atom is -0.497 e. The fraction of sp³-hybridized carbons (Fsp3) is 0.557. The van der Waals surface area contributed by atoms with Gasteiger partial charge in [0.15, 0.2) is 0 Å². The number of likely N-dealkylation sites (N-methyl/N-ethyl adjacent to an activating group) is 3. The van der Waals surface area contributed by atoms with Crippen LogP contribution in [0.25, 0.3) is 21.8 Å². The van der Waals surface area contributed by atoms with Crippen LogP contribution in [0, 0.1) is 0 Å². The number of para-hydroxylation sites is 2. The van der Waals surface area contributed by atoms with Gasteiger partial charge in [-0.15, -0.1) is 11.8 Å². The van der Waals surface area contributed by atoms with E-state index in [1.165, 1.54) is 49.9 Å². The number of unbranched alkanes of at least 4 members (excludes halogenated alkanes) is 2. The van der Waals surface area contributed by atoms with E-state index in [-0.39, 0.29) is 103 Å². The molecule has 3 aliphatic rings.